The van der Waals surface area contributed by atoms with Crippen LogP contribution in [0.4, 0.5) is 5.13 Å². The van der Waals surface area contributed by atoms with Gasteiger partial charge in [0.2, 0.25) is 23.5 Å². The molecule has 4 rings (SSSR count). The molecule has 0 radical (unpaired) electrons. The van der Waals surface area contributed by atoms with Crippen LogP contribution >= 0.6 is 11.3 Å². The molecule has 2 heterocycles. The number of nitrogens with zero attached hydrogens (tertiary/aromatic N) is 3. The van der Waals surface area contributed by atoms with Gasteiger partial charge in [0, 0.05) is 24.5 Å². The quantitative estimate of drug-likeness (QED) is 0.498. The molecule has 172 valence electrons. The Hall–Kier alpha value is -3.33. The fraction of sp³-hybridized carbons (Fsp3) is 0.375. The molecule has 3 aromatic rings. The molecule has 8 nitrogen and oxygen atoms in total. The summed E-state index contributed by atoms with van der Waals surface area (Å²) in [4.78, 5) is 34.5. The predicted molar refractivity (Wildman–Crippen MR) is 128 cm³/mol. The van der Waals surface area contributed by atoms with Gasteiger partial charge in [-0.3, -0.25) is 9.59 Å². The van der Waals surface area contributed by atoms with Crippen LogP contribution in [0.2, 0.25) is 0 Å². The number of aromatic nitrogens is 3. The van der Waals surface area contributed by atoms with Gasteiger partial charge in [0.05, 0.1) is 10.6 Å². The Kier molecular flexibility index (Phi) is 6.98. The highest BCUT2D eigenvalue weighted by atomic mass is 32.1. The van der Waals surface area contributed by atoms with E-state index in [1.165, 1.54) is 37.0 Å². The molecule has 0 atom stereocenters. The van der Waals surface area contributed by atoms with E-state index >= 15 is 0 Å². The molecular formula is C24H27N5O3S. The van der Waals surface area contributed by atoms with Crippen molar-refractivity contribution in [3.05, 3.63) is 51.9 Å². The van der Waals surface area contributed by atoms with Gasteiger partial charge in [-0.2, -0.15) is 4.98 Å². The Bertz CT molecular complexity index is 1190. The van der Waals surface area contributed by atoms with Crippen molar-refractivity contribution in [1.29, 1.82) is 0 Å². The summed E-state index contributed by atoms with van der Waals surface area (Å²) >= 11 is 1.47. The second-order valence-corrected chi connectivity index (χ2v) is 9.28. The number of carbonyl (C=O) groups excluding carboxylic acids is 2. The second-order valence-electron chi connectivity index (χ2n) is 8.25. The fourth-order valence-corrected chi connectivity index (χ4v) is 5.01. The molecule has 1 aromatic carbocycles. The van der Waals surface area contributed by atoms with Crippen LogP contribution in [0.1, 0.15) is 64.5 Å². The number of hydrogen-bond donors (Lipinski definition) is 2. The molecule has 0 bridgehead atoms. The summed E-state index contributed by atoms with van der Waals surface area (Å²) in [6, 6.07) is 5.14. The third-order valence-electron chi connectivity index (χ3n) is 5.81. The molecule has 9 heteroatoms. The molecule has 3 N–H and O–H groups in total. The number of nitrogens with two attached hydrogens (primary N) is 1. The van der Waals surface area contributed by atoms with Crippen molar-refractivity contribution >= 4 is 34.4 Å². The van der Waals surface area contributed by atoms with Gasteiger partial charge in [0.15, 0.2) is 5.13 Å². The molecule has 1 aliphatic rings. The number of hydrogen-bond acceptors (Lipinski definition) is 7. The van der Waals surface area contributed by atoms with Gasteiger partial charge in [-0.05, 0) is 49.8 Å². The van der Waals surface area contributed by atoms with Gasteiger partial charge < -0.3 is 15.6 Å². The first kappa shape index (κ1) is 22.8. The topological polar surface area (TPSA) is 124 Å². The maximum absolute atomic E-state index is 12.7. The first-order chi connectivity index (χ1) is 15.9. The number of thiazole rings is 1. The predicted octanol–water partition coefficient (Wildman–Crippen LogP) is 4.68. The summed E-state index contributed by atoms with van der Waals surface area (Å²) in [6.07, 6.45) is 9.93. The summed E-state index contributed by atoms with van der Waals surface area (Å²) in [5, 5.41) is 7.40. The standard InChI is InChI=1S/C24H27N5O3S/c1-14-20(12-10-16-6-3-4-7-16)33-24(26-14)28-21(30)13-11-17-18(22(25)31)8-5-9-19(17)23-27-15(2)32-29-23/h5,8-10,12,16H,3-4,6-7,11,13H2,1-2H3,(H2,25,31)(H,26,28,30)/b12-10+. The Balaban J connectivity index is 1.45. The number of rotatable bonds is 8. The molecule has 0 aliphatic heterocycles. The fourth-order valence-electron chi connectivity index (χ4n) is 4.12. The van der Waals surface area contributed by atoms with Gasteiger partial charge in [-0.1, -0.05) is 47.5 Å². The summed E-state index contributed by atoms with van der Waals surface area (Å²) in [7, 11) is 0. The van der Waals surface area contributed by atoms with Crippen molar-refractivity contribution in [2.24, 2.45) is 11.7 Å². The number of primary amides is 1. The normalized spacial score (nSPS) is 14.2. The molecule has 2 amide bonds. The first-order valence-corrected chi connectivity index (χ1v) is 11.9. The van der Waals surface area contributed by atoms with Gasteiger partial charge >= 0.3 is 0 Å². The van der Waals surface area contributed by atoms with E-state index in [1.807, 2.05) is 6.92 Å². The van der Waals surface area contributed by atoms with Crippen molar-refractivity contribution in [3.63, 3.8) is 0 Å². The third-order valence-corrected chi connectivity index (χ3v) is 6.85. The molecule has 33 heavy (non-hydrogen) atoms. The second kappa shape index (κ2) is 10.1. The number of aryl methyl sites for hydroxylation is 2. The number of carbonyl (C=O) groups is 2. The van der Waals surface area contributed by atoms with Crippen molar-refractivity contribution in [2.75, 3.05) is 5.32 Å². The van der Waals surface area contributed by atoms with Gasteiger partial charge in [-0.25, -0.2) is 4.98 Å². The van der Waals surface area contributed by atoms with Crippen LogP contribution in [-0.4, -0.2) is 26.9 Å². The van der Waals surface area contributed by atoms with E-state index in [-0.39, 0.29) is 12.3 Å². The van der Waals surface area contributed by atoms with E-state index in [0.717, 1.165) is 10.6 Å². The Morgan fingerprint density at radius 1 is 1.24 bits per heavy atom. The molecule has 0 spiro atoms. The van der Waals surface area contributed by atoms with Gasteiger partial charge in [0.25, 0.3) is 0 Å². The van der Waals surface area contributed by atoms with Crippen LogP contribution in [0.5, 0.6) is 0 Å². The highest BCUT2D eigenvalue weighted by Crippen LogP contribution is 2.30. The monoisotopic (exact) mass is 465 g/mol. The molecule has 0 unspecified atom stereocenters. The smallest absolute Gasteiger partial charge is 0.249 e. The third kappa shape index (κ3) is 5.54. The van der Waals surface area contributed by atoms with Crippen LogP contribution in [-0.2, 0) is 11.2 Å². The van der Waals surface area contributed by atoms with Gasteiger partial charge in [0.1, 0.15) is 0 Å². The largest absolute Gasteiger partial charge is 0.366 e. The number of benzene rings is 1. The highest BCUT2D eigenvalue weighted by Gasteiger charge is 2.19. The zero-order valence-electron chi connectivity index (χ0n) is 18.8. The van der Waals surface area contributed by atoms with Crippen molar-refractivity contribution in [1.82, 2.24) is 15.1 Å². The van der Waals surface area contributed by atoms with E-state index < -0.39 is 5.91 Å². The maximum Gasteiger partial charge on any atom is 0.249 e. The maximum atomic E-state index is 12.7. The Morgan fingerprint density at radius 2 is 2.03 bits per heavy atom. The zero-order chi connectivity index (χ0) is 23.4. The first-order valence-electron chi connectivity index (χ1n) is 11.1. The number of anilines is 1. The summed E-state index contributed by atoms with van der Waals surface area (Å²) in [5.41, 5.74) is 8.06. The number of amides is 2. The molecule has 1 fully saturated rings. The van der Waals surface area contributed by atoms with E-state index in [4.69, 9.17) is 10.3 Å². The van der Waals surface area contributed by atoms with Crippen LogP contribution < -0.4 is 11.1 Å². The molecule has 1 saturated carbocycles. The van der Waals surface area contributed by atoms with E-state index in [9.17, 15) is 9.59 Å². The summed E-state index contributed by atoms with van der Waals surface area (Å²) in [5.74, 6) is 0.661. The number of allylic oxidation sites excluding steroid dienone is 1. The molecular weight excluding hydrogens is 438 g/mol. The highest BCUT2D eigenvalue weighted by molar-refractivity contribution is 7.16. The lowest BCUT2D eigenvalue weighted by Crippen LogP contribution is -2.17. The average molecular weight is 466 g/mol. The van der Waals surface area contributed by atoms with Crippen LogP contribution in [0.3, 0.4) is 0 Å². The summed E-state index contributed by atoms with van der Waals surface area (Å²) < 4.78 is 5.08. The number of nitrogens with one attached hydrogen (secondary N) is 1. The van der Waals surface area contributed by atoms with Gasteiger partial charge in [-0.15, -0.1) is 0 Å². The van der Waals surface area contributed by atoms with E-state index in [2.05, 4.69) is 32.6 Å². The van der Waals surface area contributed by atoms with Crippen molar-refractivity contribution < 1.29 is 14.1 Å². The zero-order valence-corrected chi connectivity index (χ0v) is 19.6. The lowest BCUT2D eigenvalue weighted by atomic mass is 9.95. The summed E-state index contributed by atoms with van der Waals surface area (Å²) in [6.45, 7) is 3.64. The van der Waals surface area contributed by atoms with Crippen molar-refractivity contribution in [2.45, 2.75) is 52.4 Å². The lowest BCUT2D eigenvalue weighted by Gasteiger charge is -2.10. The average Bonchev–Trinajstić information content (AvgIpc) is 3.52. The van der Waals surface area contributed by atoms with E-state index in [0.29, 0.717) is 45.9 Å². The minimum absolute atomic E-state index is 0.153. The molecule has 2 aromatic heterocycles. The van der Waals surface area contributed by atoms with Crippen LogP contribution in [0, 0.1) is 19.8 Å². The van der Waals surface area contributed by atoms with E-state index in [1.54, 1.807) is 25.1 Å². The van der Waals surface area contributed by atoms with Crippen molar-refractivity contribution in [3.8, 4) is 11.4 Å². The van der Waals surface area contributed by atoms with Crippen LogP contribution in [0.15, 0.2) is 28.8 Å². The SMILES string of the molecule is Cc1nc(-c2cccc(C(N)=O)c2CCC(=O)Nc2nc(C)c(/C=C/C3CCCC3)s2)no1. The molecule has 1 aliphatic carbocycles. The Labute approximate surface area is 196 Å². The molecule has 0 saturated heterocycles. The van der Waals surface area contributed by atoms with Crippen LogP contribution in [0.25, 0.3) is 17.5 Å². The Morgan fingerprint density at radius 3 is 2.73 bits per heavy atom. The minimum atomic E-state index is -0.568. The minimum Gasteiger partial charge on any atom is -0.366 e. The lowest BCUT2D eigenvalue weighted by molar-refractivity contribution is -0.116.